The number of fused-ring (bicyclic) bond motifs is 6. The number of carbonyl (C=O) groups is 1. The predicted octanol–water partition coefficient (Wildman–Crippen LogP) is 4.98. The number of rotatable bonds is 3. The molecule has 6 heteroatoms. The van der Waals surface area contributed by atoms with Crippen molar-refractivity contribution >= 4 is 16.6 Å². The maximum absolute atomic E-state index is 14.7. The van der Waals surface area contributed by atoms with Crippen molar-refractivity contribution in [1.29, 1.82) is 0 Å². The van der Waals surface area contributed by atoms with E-state index in [-0.39, 0.29) is 37.3 Å². The summed E-state index contributed by atoms with van der Waals surface area (Å²) in [6.07, 6.45) is 3.07. The molecule has 44 heavy (non-hydrogen) atoms. The minimum absolute atomic E-state index is 0.0376. The minimum atomic E-state index is -1.76. The molecule has 4 N–H and O–H groups in total. The summed E-state index contributed by atoms with van der Waals surface area (Å²) in [5.41, 5.74) is 2.41. The number of hydrogen-bond donors (Lipinski definition) is 4. The van der Waals surface area contributed by atoms with Gasteiger partial charge in [-0.05, 0) is 77.5 Å². The molecule has 8 atom stereocenters. The second-order valence-corrected chi connectivity index (χ2v) is 14.3. The van der Waals surface area contributed by atoms with Crippen LogP contribution in [0.4, 0.5) is 0 Å². The summed E-state index contributed by atoms with van der Waals surface area (Å²) in [5.74, 6) is -2.90. The van der Waals surface area contributed by atoms with E-state index < -0.39 is 34.1 Å². The molecule has 0 saturated heterocycles. The van der Waals surface area contributed by atoms with Crippen molar-refractivity contribution in [2.75, 3.05) is 20.3 Å². The van der Waals surface area contributed by atoms with E-state index in [9.17, 15) is 25.2 Å². The Morgan fingerprint density at radius 1 is 0.955 bits per heavy atom. The lowest BCUT2D eigenvalue weighted by Gasteiger charge is -2.48. The van der Waals surface area contributed by atoms with E-state index in [1.165, 1.54) is 7.11 Å². The number of benzene rings is 3. The number of aliphatic hydroxyl groups excluding tert-OH is 3. The van der Waals surface area contributed by atoms with Crippen molar-refractivity contribution in [2.45, 2.75) is 75.1 Å². The van der Waals surface area contributed by atoms with Gasteiger partial charge in [-0.15, -0.1) is 0 Å². The molecular weight excluding hydrogens is 552 g/mol. The molecule has 3 aromatic carbocycles. The predicted molar refractivity (Wildman–Crippen MR) is 169 cm³/mol. The molecule has 3 saturated carbocycles. The fourth-order valence-electron chi connectivity index (χ4n) is 10.3. The van der Waals surface area contributed by atoms with E-state index in [0.29, 0.717) is 32.1 Å². The van der Waals surface area contributed by atoms with E-state index in [4.69, 9.17) is 4.74 Å². The van der Waals surface area contributed by atoms with Gasteiger partial charge in [-0.3, -0.25) is 4.79 Å². The van der Waals surface area contributed by atoms with Gasteiger partial charge >= 0.3 is 0 Å². The van der Waals surface area contributed by atoms with Gasteiger partial charge < -0.3 is 25.2 Å². The van der Waals surface area contributed by atoms with Crippen LogP contribution in [0, 0.1) is 22.7 Å². The number of methoxy groups -OCH3 is 1. The zero-order chi connectivity index (χ0) is 31.1. The summed E-state index contributed by atoms with van der Waals surface area (Å²) < 4.78 is 5.93. The van der Waals surface area contributed by atoms with E-state index in [1.807, 2.05) is 19.1 Å². The highest BCUT2D eigenvalue weighted by Crippen LogP contribution is 2.74. The van der Waals surface area contributed by atoms with Gasteiger partial charge in [-0.1, -0.05) is 79.7 Å². The Morgan fingerprint density at radius 3 is 2.45 bits per heavy atom. The lowest BCUT2D eigenvalue weighted by atomic mass is 9.55. The molecule has 7 rings (SSSR count). The van der Waals surface area contributed by atoms with Crippen LogP contribution < -0.4 is 0 Å². The zero-order valence-corrected chi connectivity index (χ0v) is 25.8. The molecular formula is C38H44O6. The third-order valence-electron chi connectivity index (χ3n) is 12.5. The van der Waals surface area contributed by atoms with Gasteiger partial charge in [0.25, 0.3) is 0 Å². The molecule has 0 aromatic heterocycles. The molecule has 0 amide bonds. The molecule has 4 aliphatic rings. The van der Waals surface area contributed by atoms with Gasteiger partial charge in [0.2, 0.25) is 0 Å². The maximum atomic E-state index is 14.7. The number of ether oxygens (including phenoxy) is 1. The number of Topliss-reactive ketones (excluding diaryl/α,β-unsaturated/α-hetero) is 1. The zero-order valence-electron chi connectivity index (χ0n) is 25.8. The number of hydrogen-bond acceptors (Lipinski definition) is 6. The van der Waals surface area contributed by atoms with Crippen molar-refractivity contribution in [3.05, 3.63) is 95.1 Å². The summed E-state index contributed by atoms with van der Waals surface area (Å²) in [6, 6.07) is 21.0. The minimum Gasteiger partial charge on any atom is -0.396 e. The van der Waals surface area contributed by atoms with Crippen LogP contribution in [0.2, 0.25) is 0 Å². The summed E-state index contributed by atoms with van der Waals surface area (Å²) in [5, 5.41) is 46.6. The summed E-state index contributed by atoms with van der Waals surface area (Å²) in [4.78, 5) is 14.7. The molecule has 3 fully saturated rings. The van der Waals surface area contributed by atoms with Crippen LogP contribution in [0.1, 0.15) is 67.2 Å². The third-order valence-corrected chi connectivity index (χ3v) is 12.5. The van der Waals surface area contributed by atoms with E-state index in [1.54, 1.807) is 0 Å². The van der Waals surface area contributed by atoms with Crippen LogP contribution in [0.3, 0.4) is 0 Å². The lowest BCUT2D eigenvalue weighted by Crippen LogP contribution is -2.56. The number of aliphatic hydroxyl groups is 4. The molecule has 232 valence electrons. The Hall–Kier alpha value is -2.87. The summed E-state index contributed by atoms with van der Waals surface area (Å²) >= 11 is 0. The van der Waals surface area contributed by atoms with Crippen molar-refractivity contribution in [2.24, 2.45) is 22.7 Å². The fraction of sp³-hybridized carbons (Fsp3) is 0.500. The number of aryl methyl sites for hydroxylation is 1. The number of ketones is 1. The Bertz CT molecular complexity index is 1650. The molecule has 7 bridgehead atoms. The first kappa shape index (κ1) is 29.8. The molecule has 2 spiro atoms. The van der Waals surface area contributed by atoms with Crippen LogP contribution in [0.25, 0.3) is 10.8 Å². The Balaban J connectivity index is 1.45. The maximum Gasteiger partial charge on any atom is 0.185 e. The van der Waals surface area contributed by atoms with Gasteiger partial charge in [0, 0.05) is 42.8 Å². The lowest BCUT2D eigenvalue weighted by molar-refractivity contribution is -0.254. The van der Waals surface area contributed by atoms with Crippen molar-refractivity contribution in [3.8, 4) is 0 Å². The quantitative estimate of drug-likeness (QED) is 0.251. The van der Waals surface area contributed by atoms with Gasteiger partial charge in [0.05, 0.1) is 18.1 Å². The first-order valence-electron chi connectivity index (χ1n) is 16.1. The highest BCUT2D eigenvalue weighted by atomic mass is 16.6. The van der Waals surface area contributed by atoms with Crippen molar-refractivity contribution in [1.82, 2.24) is 0 Å². The topological polar surface area (TPSA) is 107 Å². The highest BCUT2D eigenvalue weighted by Gasteiger charge is 2.80. The standard InChI is InChI=1S/C38H44O6/c1-23-34-29(21-39)19-37(38(34,43)44-3)33(42)12-8-24-5-4-6-30(16-24)36(14-13-31(41)20-36)32(22-40)27-11-10-26-9-7-25(15-28(26)17-27)18-35(23,37)2/h4-7,9-11,15-17,29,31-32,34,39-41,43H,1,8,12-14,18-22H2,2-3H3. The van der Waals surface area contributed by atoms with E-state index >= 15 is 0 Å². The molecule has 3 aromatic rings. The van der Waals surface area contributed by atoms with Crippen LogP contribution in [0.15, 0.2) is 72.8 Å². The largest absolute Gasteiger partial charge is 0.396 e. The van der Waals surface area contributed by atoms with E-state index in [0.717, 1.165) is 45.0 Å². The molecule has 8 unspecified atom stereocenters. The monoisotopic (exact) mass is 596 g/mol. The first-order chi connectivity index (χ1) is 21.1. The van der Waals surface area contributed by atoms with Crippen LogP contribution in [-0.4, -0.2) is 58.4 Å². The Kier molecular flexibility index (Phi) is 7.00. The molecule has 0 heterocycles. The summed E-state index contributed by atoms with van der Waals surface area (Å²) in [7, 11) is 1.47. The second-order valence-electron chi connectivity index (χ2n) is 14.3. The van der Waals surface area contributed by atoms with Crippen molar-refractivity contribution < 1.29 is 30.0 Å². The SMILES string of the molecule is C=C1C2C(CO)CC3(C(=O)CCc4cccc(c4)C4(CCC(O)C4)C(CO)c4ccc5ccc(cc5c4)CC13C)C2(O)OC. The van der Waals surface area contributed by atoms with Gasteiger partial charge in [0.1, 0.15) is 5.78 Å². The van der Waals surface area contributed by atoms with Crippen LogP contribution in [0.5, 0.6) is 0 Å². The van der Waals surface area contributed by atoms with E-state index in [2.05, 4.69) is 55.1 Å². The van der Waals surface area contributed by atoms with Gasteiger partial charge in [-0.2, -0.15) is 0 Å². The van der Waals surface area contributed by atoms with Crippen LogP contribution >= 0.6 is 0 Å². The Morgan fingerprint density at radius 2 is 1.75 bits per heavy atom. The Labute approximate surface area is 259 Å². The smallest absolute Gasteiger partial charge is 0.185 e. The molecule has 4 aliphatic carbocycles. The van der Waals surface area contributed by atoms with Crippen LogP contribution in [-0.2, 0) is 27.8 Å². The third kappa shape index (κ3) is 3.81. The summed E-state index contributed by atoms with van der Waals surface area (Å²) in [6.45, 7) is 6.35. The van der Waals surface area contributed by atoms with Gasteiger partial charge in [0.15, 0.2) is 5.79 Å². The fourth-order valence-corrected chi connectivity index (χ4v) is 10.3. The highest BCUT2D eigenvalue weighted by molar-refractivity contribution is 5.90. The van der Waals surface area contributed by atoms with Gasteiger partial charge in [-0.25, -0.2) is 0 Å². The first-order valence-corrected chi connectivity index (χ1v) is 16.1. The normalized spacial score (nSPS) is 38.3. The average molecular weight is 597 g/mol. The molecule has 6 nitrogen and oxygen atoms in total. The van der Waals surface area contributed by atoms with Crippen molar-refractivity contribution in [3.63, 3.8) is 0 Å². The number of carbonyl (C=O) groups excluding carboxylic acids is 1. The molecule has 0 radical (unpaired) electrons. The molecule has 0 aliphatic heterocycles. The second kappa shape index (κ2) is 10.3. The average Bonchev–Trinajstić information content (AvgIpc) is 3.59.